The SMILES string of the molecule is CCCCCCCCCCCCCCCCCCNC(=O)C(C)n1cc(C)cn1. The van der Waals surface area contributed by atoms with Crippen LogP contribution in [0.3, 0.4) is 0 Å². The molecule has 0 aliphatic rings. The van der Waals surface area contributed by atoms with Crippen molar-refractivity contribution in [1.29, 1.82) is 0 Å². The number of hydrogen-bond donors (Lipinski definition) is 1. The lowest BCUT2D eigenvalue weighted by Crippen LogP contribution is -2.31. The van der Waals surface area contributed by atoms with Crippen molar-refractivity contribution in [2.75, 3.05) is 6.54 Å². The molecule has 0 aliphatic carbocycles. The summed E-state index contributed by atoms with van der Waals surface area (Å²) in [7, 11) is 0. The summed E-state index contributed by atoms with van der Waals surface area (Å²) in [5.41, 5.74) is 1.09. The van der Waals surface area contributed by atoms with Crippen LogP contribution in [-0.4, -0.2) is 22.2 Å². The second-order valence-corrected chi connectivity index (χ2v) is 8.77. The smallest absolute Gasteiger partial charge is 0.244 e. The highest BCUT2D eigenvalue weighted by molar-refractivity contribution is 5.79. The lowest BCUT2D eigenvalue weighted by atomic mass is 10.0. The fraction of sp³-hybridized carbons (Fsp3) is 0.840. The van der Waals surface area contributed by atoms with Crippen LogP contribution in [0.1, 0.15) is 128 Å². The normalized spacial score (nSPS) is 12.2. The van der Waals surface area contributed by atoms with Crippen molar-refractivity contribution in [3.05, 3.63) is 18.0 Å². The van der Waals surface area contributed by atoms with E-state index in [2.05, 4.69) is 17.3 Å². The van der Waals surface area contributed by atoms with Gasteiger partial charge in [-0.2, -0.15) is 5.10 Å². The van der Waals surface area contributed by atoms with Crippen molar-refractivity contribution >= 4 is 5.91 Å². The summed E-state index contributed by atoms with van der Waals surface area (Å²) in [6, 6.07) is -0.232. The van der Waals surface area contributed by atoms with Crippen LogP contribution in [0.15, 0.2) is 12.4 Å². The Bertz CT molecular complexity index is 512. The summed E-state index contributed by atoms with van der Waals surface area (Å²) >= 11 is 0. The highest BCUT2D eigenvalue weighted by Gasteiger charge is 2.14. The molecule has 1 unspecified atom stereocenters. The molecule has 0 bridgehead atoms. The minimum Gasteiger partial charge on any atom is -0.354 e. The van der Waals surface area contributed by atoms with Crippen molar-refractivity contribution in [2.24, 2.45) is 0 Å². The van der Waals surface area contributed by atoms with E-state index in [1.54, 1.807) is 10.9 Å². The molecule has 0 fully saturated rings. The summed E-state index contributed by atoms with van der Waals surface area (Å²) in [6.07, 6.45) is 25.7. The number of nitrogens with one attached hydrogen (secondary N) is 1. The van der Waals surface area contributed by atoms with E-state index in [0.717, 1.165) is 18.5 Å². The van der Waals surface area contributed by atoms with E-state index in [4.69, 9.17) is 0 Å². The molecule has 0 aromatic carbocycles. The quantitative estimate of drug-likeness (QED) is 0.249. The number of carbonyl (C=O) groups excluding carboxylic acids is 1. The highest BCUT2D eigenvalue weighted by atomic mass is 16.2. The van der Waals surface area contributed by atoms with E-state index in [-0.39, 0.29) is 11.9 Å². The zero-order chi connectivity index (χ0) is 21.2. The number of amides is 1. The number of nitrogens with zero attached hydrogens (tertiary/aromatic N) is 2. The molecule has 0 radical (unpaired) electrons. The topological polar surface area (TPSA) is 46.9 Å². The molecule has 1 N–H and O–H groups in total. The molecular weight excluding hydrogens is 358 g/mol. The van der Waals surface area contributed by atoms with Crippen molar-refractivity contribution < 1.29 is 4.79 Å². The third-order valence-corrected chi connectivity index (χ3v) is 5.84. The van der Waals surface area contributed by atoms with Gasteiger partial charge in [-0.25, -0.2) is 0 Å². The molecule has 1 amide bonds. The highest BCUT2D eigenvalue weighted by Crippen LogP contribution is 2.13. The lowest BCUT2D eigenvalue weighted by Gasteiger charge is -2.12. The maximum Gasteiger partial charge on any atom is 0.244 e. The monoisotopic (exact) mass is 405 g/mol. The standard InChI is InChI=1S/C25H47N3O/c1-4-5-6-7-8-9-10-11-12-13-14-15-16-17-18-19-20-26-25(29)24(3)28-22-23(2)21-27-28/h21-22,24H,4-20H2,1-3H3,(H,26,29). The molecule has 0 aliphatic heterocycles. The summed E-state index contributed by atoms with van der Waals surface area (Å²) in [5, 5.41) is 7.26. The van der Waals surface area contributed by atoms with Gasteiger partial charge in [-0.1, -0.05) is 103 Å². The van der Waals surface area contributed by atoms with Gasteiger partial charge < -0.3 is 5.32 Å². The van der Waals surface area contributed by atoms with Crippen molar-refractivity contribution in [3.63, 3.8) is 0 Å². The zero-order valence-corrected chi connectivity index (χ0v) is 19.6. The molecule has 0 saturated heterocycles. The summed E-state index contributed by atoms with van der Waals surface area (Å²) in [4.78, 5) is 12.1. The van der Waals surface area contributed by atoms with E-state index in [0.29, 0.717) is 0 Å². The Morgan fingerprint density at radius 1 is 0.862 bits per heavy atom. The van der Waals surface area contributed by atoms with Crippen LogP contribution in [0.25, 0.3) is 0 Å². The lowest BCUT2D eigenvalue weighted by molar-refractivity contribution is -0.124. The van der Waals surface area contributed by atoms with Gasteiger partial charge in [0.05, 0.1) is 6.20 Å². The molecule has 29 heavy (non-hydrogen) atoms. The first-order valence-corrected chi connectivity index (χ1v) is 12.4. The minimum absolute atomic E-state index is 0.0639. The Morgan fingerprint density at radius 2 is 1.31 bits per heavy atom. The summed E-state index contributed by atoms with van der Waals surface area (Å²) in [5.74, 6) is 0.0639. The number of rotatable bonds is 19. The van der Waals surface area contributed by atoms with Crippen LogP contribution in [0.5, 0.6) is 0 Å². The first kappa shape index (κ1) is 25.7. The Morgan fingerprint density at radius 3 is 1.72 bits per heavy atom. The molecule has 1 heterocycles. The first-order valence-electron chi connectivity index (χ1n) is 12.4. The first-order chi connectivity index (χ1) is 14.1. The molecule has 1 aromatic heterocycles. The van der Waals surface area contributed by atoms with Crippen LogP contribution in [0, 0.1) is 6.92 Å². The third kappa shape index (κ3) is 13.5. The number of unbranched alkanes of at least 4 members (excludes halogenated alkanes) is 15. The van der Waals surface area contributed by atoms with Gasteiger partial charge in [0.25, 0.3) is 0 Å². The van der Waals surface area contributed by atoms with Gasteiger partial charge in [-0.3, -0.25) is 9.48 Å². The molecule has 1 aromatic rings. The number of aryl methyl sites for hydroxylation is 1. The minimum atomic E-state index is -0.232. The fourth-order valence-electron chi connectivity index (χ4n) is 3.80. The van der Waals surface area contributed by atoms with Gasteiger partial charge in [0, 0.05) is 12.7 Å². The molecule has 0 spiro atoms. The predicted molar refractivity (Wildman–Crippen MR) is 124 cm³/mol. The fourth-order valence-corrected chi connectivity index (χ4v) is 3.80. The Balaban J connectivity index is 1.80. The largest absolute Gasteiger partial charge is 0.354 e. The average Bonchev–Trinajstić information content (AvgIpc) is 3.15. The number of hydrogen-bond acceptors (Lipinski definition) is 2. The second kappa shape index (κ2) is 17.5. The summed E-state index contributed by atoms with van der Waals surface area (Å²) in [6.45, 7) is 6.95. The maximum atomic E-state index is 12.1. The third-order valence-electron chi connectivity index (χ3n) is 5.84. The number of carbonyl (C=O) groups is 1. The van der Waals surface area contributed by atoms with Crippen LogP contribution < -0.4 is 5.32 Å². The Hall–Kier alpha value is -1.32. The van der Waals surface area contributed by atoms with Crippen molar-refractivity contribution in [1.82, 2.24) is 15.1 Å². The second-order valence-electron chi connectivity index (χ2n) is 8.77. The van der Waals surface area contributed by atoms with E-state index < -0.39 is 0 Å². The molecule has 0 saturated carbocycles. The van der Waals surface area contributed by atoms with E-state index in [9.17, 15) is 4.79 Å². The van der Waals surface area contributed by atoms with Crippen molar-refractivity contribution in [3.8, 4) is 0 Å². The molecule has 4 heteroatoms. The van der Waals surface area contributed by atoms with Gasteiger partial charge >= 0.3 is 0 Å². The molecule has 1 atom stereocenters. The van der Waals surface area contributed by atoms with Crippen LogP contribution in [-0.2, 0) is 4.79 Å². The maximum absolute atomic E-state index is 12.1. The van der Waals surface area contributed by atoms with E-state index in [1.807, 2.05) is 20.0 Å². The van der Waals surface area contributed by atoms with Crippen molar-refractivity contribution in [2.45, 2.75) is 130 Å². The molecular formula is C25H47N3O. The molecule has 4 nitrogen and oxygen atoms in total. The van der Waals surface area contributed by atoms with Gasteiger partial charge in [-0.15, -0.1) is 0 Å². The van der Waals surface area contributed by atoms with E-state index in [1.165, 1.54) is 96.3 Å². The molecule has 1 rings (SSSR count). The predicted octanol–water partition coefficient (Wildman–Crippen LogP) is 7.13. The van der Waals surface area contributed by atoms with Gasteiger partial charge in [-0.05, 0) is 25.8 Å². The number of aromatic nitrogens is 2. The van der Waals surface area contributed by atoms with Gasteiger partial charge in [0.2, 0.25) is 5.91 Å². The summed E-state index contributed by atoms with van der Waals surface area (Å²) < 4.78 is 1.73. The Labute approximate surface area is 180 Å². The zero-order valence-electron chi connectivity index (χ0n) is 19.6. The van der Waals surface area contributed by atoms with Crippen LogP contribution in [0.4, 0.5) is 0 Å². The van der Waals surface area contributed by atoms with Gasteiger partial charge in [0.1, 0.15) is 6.04 Å². The molecule has 168 valence electrons. The Kier molecular flexibility index (Phi) is 15.5. The van der Waals surface area contributed by atoms with Gasteiger partial charge in [0.15, 0.2) is 0 Å². The van der Waals surface area contributed by atoms with Crippen LogP contribution >= 0.6 is 0 Å². The van der Waals surface area contributed by atoms with Crippen LogP contribution in [0.2, 0.25) is 0 Å². The average molecular weight is 406 g/mol. The van der Waals surface area contributed by atoms with E-state index >= 15 is 0 Å².